The van der Waals surface area contributed by atoms with Gasteiger partial charge in [0, 0.05) is 22.3 Å². The van der Waals surface area contributed by atoms with Crippen LogP contribution in [0.3, 0.4) is 0 Å². The smallest absolute Gasteiger partial charge is 0.266 e. The summed E-state index contributed by atoms with van der Waals surface area (Å²) in [5.41, 5.74) is 8.19. The van der Waals surface area contributed by atoms with Crippen molar-refractivity contribution in [3.05, 3.63) is 88.4 Å². The van der Waals surface area contributed by atoms with E-state index >= 15 is 0 Å². The topological polar surface area (TPSA) is 63.6 Å². The molecular formula is C24H16N4O. The van der Waals surface area contributed by atoms with Gasteiger partial charge in [-0.15, -0.1) is 10.2 Å². The molecule has 6 rings (SSSR count). The van der Waals surface area contributed by atoms with E-state index in [-0.39, 0.29) is 0 Å². The van der Waals surface area contributed by atoms with E-state index in [0.717, 1.165) is 49.9 Å². The van der Waals surface area contributed by atoms with Crippen LogP contribution < -0.4 is 10.7 Å². The Kier molecular flexibility index (Phi) is 3.23. The Labute approximate surface area is 166 Å². The third-order valence-corrected chi connectivity index (χ3v) is 5.50. The fourth-order valence-electron chi connectivity index (χ4n) is 4.15. The monoisotopic (exact) mass is 376 g/mol. The van der Waals surface area contributed by atoms with Gasteiger partial charge in [-0.05, 0) is 49.2 Å². The molecule has 5 heteroatoms. The Morgan fingerprint density at radius 2 is 1.48 bits per heavy atom. The molecule has 138 valence electrons. The van der Waals surface area contributed by atoms with Crippen LogP contribution in [0.1, 0.15) is 23.9 Å². The normalized spacial score (nSPS) is 13.6. The molecule has 2 aliphatic heterocycles. The Bertz CT molecular complexity index is 1460. The molecule has 29 heavy (non-hydrogen) atoms. The molecule has 0 amide bonds. The second-order valence-electron chi connectivity index (χ2n) is 7.31. The molecule has 2 aliphatic rings. The lowest BCUT2D eigenvalue weighted by atomic mass is 9.96. The fraction of sp³-hybridized carbons (Fsp3) is 0.0833. The number of aryl methyl sites for hydroxylation is 1. The van der Waals surface area contributed by atoms with E-state index in [1.54, 1.807) is 0 Å². The van der Waals surface area contributed by atoms with Crippen LogP contribution in [-0.2, 0) is 0 Å². The highest BCUT2D eigenvalue weighted by molar-refractivity contribution is 5.92. The van der Waals surface area contributed by atoms with E-state index in [4.69, 9.17) is 14.4 Å². The first kappa shape index (κ1) is 16.1. The molecule has 4 aromatic rings. The van der Waals surface area contributed by atoms with E-state index in [2.05, 4.69) is 36.2 Å². The van der Waals surface area contributed by atoms with Gasteiger partial charge in [-0.2, -0.15) is 0 Å². The van der Waals surface area contributed by atoms with Crippen molar-refractivity contribution in [3.8, 4) is 22.6 Å². The molecule has 0 atom stereocenters. The van der Waals surface area contributed by atoms with Crippen molar-refractivity contribution >= 4 is 17.0 Å². The van der Waals surface area contributed by atoms with Crippen molar-refractivity contribution in [1.82, 2.24) is 10.2 Å². The van der Waals surface area contributed by atoms with Crippen molar-refractivity contribution in [2.75, 3.05) is 0 Å². The number of hydrogen-bond acceptors (Lipinski definition) is 5. The highest BCUT2D eigenvalue weighted by atomic mass is 16.4. The fourth-order valence-corrected chi connectivity index (χ4v) is 4.15. The first-order chi connectivity index (χ1) is 14.2. The summed E-state index contributed by atoms with van der Waals surface area (Å²) in [6.07, 6.45) is 0. The maximum absolute atomic E-state index is 5.97. The third-order valence-electron chi connectivity index (χ3n) is 5.50. The predicted octanol–water partition coefficient (Wildman–Crippen LogP) is 4.50. The van der Waals surface area contributed by atoms with E-state index in [1.165, 1.54) is 5.56 Å². The molecule has 0 aliphatic carbocycles. The van der Waals surface area contributed by atoms with E-state index in [0.29, 0.717) is 11.8 Å². The van der Waals surface area contributed by atoms with Gasteiger partial charge in [0.05, 0.1) is 16.4 Å². The van der Waals surface area contributed by atoms with Gasteiger partial charge in [-0.25, -0.2) is 9.98 Å². The van der Waals surface area contributed by atoms with Crippen LogP contribution in [0.15, 0.2) is 75.1 Å². The summed E-state index contributed by atoms with van der Waals surface area (Å²) < 4.78 is 5.97. The van der Waals surface area contributed by atoms with Gasteiger partial charge in [-0.1, -0.05) is 36.4 Å². The molecule has 0 spiro atoms. The van der Waals surface area contributed by atoms with Gasteiger partial charge in [0.2, 0.25) is 5.89 Å². The molecule has 1 aromatic heterocycles. The summed E-state index contributed by atoms with van der Waals surface area (Å²) in [6.45, 7) is 4.17. The van der Waals surface area contributed by atoms with Crippen molar-refractivity contribution in [2.24, 2.45) is 9.98 Å². The second-order valence-corrected chi connectivity index (χ2v) is 7.31. The minimum absolute atomic E-state index is 0.432. The summed E-state index contributed by atoms with van der Waals surface area (Å²) in [4.78, 5) is 9.77. The third kappa shape index (κ3) is 2.27. The summed E-state index contributed by atoms with van der Waals surface area (Å²) >= 11 is 0. The average molecular weight is 376 g/mol. The molecular weight excluding hydrogens is 360 g/mol. The van der Waals surface area contributed by atoms with Gasteiger partial charge in [0.25, 0.3) is 5.89 Å². The minimum Gasteiger partial charge on any atom is -0.415 e. The molecule has 3 aromatic carbocycles. The summed E-state index contributed by atoms with van der Waals surface area (Å²) in [7, 11) is 0. The maximum atomic E-state index is 5.97. The molecule has 3 heterocycles. The van der Waals surface area contributed by atoms with Crippen molar-refractivity contribution < 1.29 is 4.42 Å². The van der Waals surface area contributed by atoms with Crippen LogP contribution in [0.4, 0.5) is 5.69 Å². The lowest BCUT2D eigenvalue weighted by Crippen LogP contribution is -2.28. The molecule has 0 saturated heterocycles. The first-order valence-corrected chi connectivity index (χ1v) is 9.52. The van der Waals surface area contributed by atoms with E-state index in [1.807, 2.05) is 48.5 Å². The zero-order chi connectivity index (χ0) is 19.5. The van der Waals surface area contributed by atoms with Gasteiger partial charge in [0.15, 0.2) is 0 Å². The molecule has 0 fully saturated rings. The van der Waals surface area contributed by atoms with Crippen LogP contribution in [0, 0.1) is 6.92 Å². The zero-order valence-electron chi connectivity index (χ0n) is 16.0. The van der Waals surface area contributed by atoms with Crippen molar-refractivity contribution in [3.63, 3.8) is 0 Å². The molecule has 5 nitrogen and oxygen atoms in total. The predicted molar refractivity (Wildman–Crippen MR) is 111 cm³/mol. The van der Waals surface area contributed by atoms with Gasteiger partial charge in [0.1, 0.15) is 5.70 Å². The summed E-state index contributed by atoms with van der Waals surface area (Å²) in [6, 6.07) is 20.2. The highest BCUT2D eigenvalue weighted by Crippen LogP contribution is 2.36. The van der Waals surface area contributed by atoms with Crippen LogP contribution in [0.25, 0.3) is 33.9 Å². The van der Waals surface area contributed by atoms with Crippen LogP contribution in [0.2, 0.25) is 0 Å². The Hall–Kier alpha value is -3.86. The van der Waals surface area contributed by atoms with Crippen LogP contribution in [0.5, 0.6) is 0 Å². The van der Waals surface area contributed by atoms with Crippen LogP contribution in [-0.4, -0.2) is 10.2 Å². The molecule has 0 unspecified atom stereocenters. The number of benzene rings is 3. The van der Waals surface area contributed by atoms with E-state index < -0.39 is 0 Å². The Balaban J connectivity index is 1.54. The van der Waals surface area contributed by atoms with Crippen molar-refractivity contribution in [1.29, 1.82) is 0 Å². The van der Waals surface area contributed by atoms with Gasteiger partial charge in [-0.3, -0.25) is 0 Å². The number of aromatic nitrogens is 2. The van der Waals surface area contributed by atoms with E-state index in [9.17, 15) is 0 Å². The number of nitrogens with zero attached hydrogens (tertiary/aromatic N) is 4. The number of rotatable bonds is 2. The Morgan fingerprint density at radius 1 is 0.724 bits per heavy atom. The van der Waals surface area contributed by atoms with Gasteiger partial charge >= 0.3 is 0 Å². The molecule has 0 bridgehead atoms. The number of para-hydroxylation sites is 1. The molecule has 0 saturated carbocycles. The number of hydrogen-bond donors (Lipinski definition) is 0. The largest absolute Gasteiger partial charge is 0.415 e. The Morgan fingerprint density at radius 3 is 2.34 bits per heavy atom. The SMILES string of the molecule is CC1=C(c2nnc(-c3ccccc3)o2)N=c2c1c(C)cc1c2=Nc2ccccc2-1. The minimum atomic E-state index is 0.432. The highest BCUT2D eigenvalue weighted by Gasteiger charge is 2.26. The molecule has 0 radical (unpaired) electrons. The average Bonchev–Trinajstić information content (AvgIpc) is 3.45. The maximum Gasteiger partial charge on any atom is 0.266 e. The number of allylic oxidation sites excluding steroid dienone is 1. The summed E-state index contributed by atoms with van der Waals surface area (Å²) in [5.74, 6) is 0.923. The summed E-state index contributed by atoms with van der Waals surface area (Å²) in [5, 5.41) is 10.3. The quantitative estimate of drug-likeness (QED) is 0.456. The standard InChI is InChI=1S/C24H16N4O/c1-13-12-17-16-10-6-7-11-18(16)25-21(17)22-19(13)14(2)20(26-22)24-28-27-23(29-24)15-8-4-3-5-9-15/h3-12H,1-2H3. The zero-order valence-corrected chi connectivity index (χ0v) is 16.0. The number of fused-ring (bicyclic) bond motifs is 5. The lowest BCUT2D eigenvalue weighted by Gasteiger charge is -2.05. The van der Waals surface area contributed by atoms with Crippen molar-refractivity contribution in [2.45, 2.75) is 13.8 Å². The van der Waals surface area contributed by atoms with Gasteiger partial charge < -0.3 is 4.42 Å². The lowest BCUT2D eigenvalue weighted by molar-refractivity contribution is 0.552. The van der Waals surface area contributed by atoms with Crippen LogP contribution >= 0.6 is 0 Å². The second kappa shape index (κ2) is 5.82. The first-order valence-electron chi connectivity index (χ1n) is 9.52. The molecule has 0 N–H and O–H groups in total.